The normalized spacial score (nSPS) is 15.8. The molecule has 21 heavy (non-hydrogen) atoms. The van der Waals surface area contributed by atoms with E-state index in [-0.39, 0.29) is 11.1 Å². The molecule has 0 heterocycles. The van der Waals surface area contributed by atoms with Crippen LogP contribution in [0.5, 0.6) is 0 Å². The zero-order valence-corrected chi connectivity index (χ0v) is 15.4. The minimum Gasteiger partial charge on any atom is -0.414 e. The Morgan fingerprint density at radius 3 is 1.67 bits per heavy atom. The molecule has 0 radical (unpaired) electrons. The third-order valence-electron chi connectivity index (χ3n) is 4.21. The van der Waals surface area contributed by atoms with E-state index in [0.717, 1.165) is 0 Å². The fourth-order valence-corrected chi connectivity index (χ4v) is 3.35. The number of aliphatic hydroxyl groups excluding tert-OH is 2. The molecule has 0 spiro atoms. The van der Waals surface area contributed by atoms with E-state index in [1.54, 1.807) is 12.2 Å². The molecule has 0 aliphatic carbocycles. The second kappa shape index (κ2) is 8.88. The smallest absolute Gasteiger partial charge is 0.192 e. The van der Waals surface area contributed by atoms with Gasteiger partial charge in [0.05, 0.1) is 12.2 Å². The Hall–Kier alpha value is -0.423. The van der Waals surface area contributed by atoms with Crippen LogP contribution in [0.4, 0.5) is 0 Å². The van der Waals surface area contributed by atoms with Gasteiger partial charge in [0, 0.05) is 6.10 Å². The van der Waals surface area contributed by atoms with Crippen molar-refractivity contribution in [1.82, 2.24) is 0 Å². The largest absolute Gasteiger partial charge is 0.414 e. The van der Waals surface area contributed by atoms with Crippen molar-refractivity contribution < 1.29 is 14.6 Å². The fraction of sp³-hybridized carbons (Fsp3) is 0.765. The average Bonchev–Trinajstić information content (AvgIpc) is 2.26. The van der Waals surface area contributed by atoms with Crippen molar-refractivity contribution in [2.24, 2.45) is 0 Å². The highest BCUT2D eigenvalue weighted by Gasteiger charge is 2.39. The molecule has 0 unspecified atom stereocenters. The molecule has 0 bridgehead atoms. The van der Waals surface area contributed by atoms with Crippen LogP contribution in [-0.2, 0) is 4.43 Å². The predicted molar refractivity (Wildman–Crippen MR) is 92.9 cm³/mol. The van der Waals surface area contributed by atoms with Gasteiger partial charge in [-0.15, -0.1) is 13.2 Å². The van der Waals surface area contributed by atoms with Crippen LogP contribution in [0.1, 0.15) is 46.5 Å². The maximum atomic E-state index is 10.0. The Morgan fingerprint density at radius 1 is 1.00 bits per heavy atom. The molecule has 0 aliphatic rings. The Morgan fingerprint density at radius 2 is 1.38 bits per heavy atom. The quantitative estimate of drug-likeness (QED) is 0.473. The van der Waals surface area contributed by atoms with Crippen LogP contribution in [-0.4, -0.2) is 36.8 Å². The van der Waals surface area contributed by atoms with Gasteiger partial charge in [-0.05, 0) is 43.8 Å². The standard InChI is InChI=1S/C17H34O3Si/c1-8-10-14(18)12-16(13-15(19)11-9-2)20-21(6,7)17(3,4)5/h8-9,14-16,18-19H,1-2,10-13H2,3-7H3/t14-,15-/m0/s1. The summed E-state index contributed by atoms with van der Waals surface area (Å²) in [6.45, 7) is 18.3. The zero-order valence-electron chi connectivity index (χ0n) is 14.4. The Labute approximate surface area is 131 Å². The van der Waals surface area contributed by atoms with Gasteiger partial charge >= 0.3 is 0 Å². The van der Waals surface area contributed by atoms with Crippen LogP contribution >= 0.6 is 0 Å². The summed E-state index contributed by atoms with van der Waals surface area (Å²) in [4.78, 5) is 0. The van der Waals surface area contributed by atoms with Gasteiger partial charge in [0.2, 0.25) is 0 Å². The predicted octanol–water partition coefficient (Wildman–Crippen LogP) is 4.03. The molecule has 0 amide bonds. The van der Waals surface area contributed by atoms with Gasteiger partial charge in [-0.1, -0.05) is 32.9 Å². The van der Waals surface area contributed by atoms with E-state index in [2.05, 4.69) is 47.0 Å². The first-order chi connectivity index (χ1) is 9.53. The third kappa shape index (κ3) is 7.95. The zero-order chi connectivity index (χ0) is 16.7. The van der Waals surface area contributed by atoms with Gasteiger partial charge in [-0.3, -0.25) is 0 Å². The van der Waals surface area contributed by atoms with E-state index in [9.17, 15) is 10.2 Å². The van der Waals surface area contributed by atoms with Gasteiger partial charge in [-0.2, -0.15) is 0 Å². The summed E-state index contributed by atoms with van der Waals surface area (Å²) in [7, 11) is -1.92. The topological polar surface area (TPSA) is 49.7 Å². The van der Waals surface area contributed by atoms with Crippen LogP contribution < -0.4 is 0 Å². The van der Waals surface area contributed by atoms with Crippen molar-refractivity contribution in [3.05, 3.63) is 25.3 Å². The maximum absolute atomic E-state index is 10.0. The minimum atomic E-state index is -1.92. The van der Waals surface area contributed by atoms with E-state index in [4.69, 9.17) is 4.43 Å². The number of hydrogen-bond donors (Lipinski definition) is 2. The molecular formula is C17H34O3Si. The van der Waals surface area contributed by atoms with Gasteiger partial charge in [0.25, 0.3) is 0 Å². The molecule has 0 aromatic rings. The Kier molecular flexibility index (Phi) is 8.70. The number of rotatable bonds is 10. The van der Waals surface area contributed by atoms with Gasteiger partial charge in [0.1, 0.15) is 0 Å². The number of hydrogen-bond acceptors (Lipinski definition) is 3. The van der Waals surface area contributed by atoms with E-state index in [1.165, 1.54) is 0 Å². The van der Waals surface area contributed by atoms with Crippen molar-refractivity contribution in [2.45, 2.75) is 82.9 Å². The van der Waals surface area contributed by atoms with E-state index < -0.39 is 20.5 Å². The molecule has 0 saturated heterocycles. The molecule has 3 nitrogen and oxygen atoms in total. The Bertz CT molecular complexity index is 302. The SMILES string of the molecule is C=CC[C@H](O)CC(C[C@@H](O)CC=C)O[Si](C)(C)C(C)(C)C. The van der Waals surface area contributed by atoms with Crippen LogP contribution in [0.25, 0.3) is 0 Å². The summed E-state index contributed by atoms with van der Waals surface area (Å²) in [5, 5.41) is 20.2. The summed E-state index contributed by atoms with van der Waals surface area (Å²) in [6.07, 6.45) is 4.54. The van der Waals surface area contributed by atoms with E-state index in [0.29, 0.717) is 25.7 Å². The molecule has 0 fully saturated rings. The molecule has 4 heteroatoms. The van der Waals surface area contributed by atoms with Crippen LogP contribution in [0.2, 0.25) is 18.1 Å². The summed E-state index contributed by atoms with van der Waals surface area (Å²) in [6, 6.07) is 0. The van der Waals surface area contributed by atoms with Crippen molar-refractivity contribution in [3.8, 4) is 0 Å². The first-order valence-electron chi connectivity index (χ1n) is 7.79. The summed E-state index contributed by atoms with van der Waals surface area (Å²) in [5.41, 5.74) is 0. The first-order valence-corrected chi connectivity index (χ1v) is 10.7. The van der Waals surface area contributed by atoms with Crippen LogP contribution in [0.3, 0.4) is 0 Å². The monoisotopic (exact) mass is 314 g/mol. The molecule has 124 valence electrons. The first kappa shape index (κ1) is 20.6. The highest BCUT2D eigenvalue weighted by molar-refractivity contribution is 6.74. The highest BCUT2D eigenvalue weighted by Crippen LogP contribution is 2.38. The lowest BCUT2D eigenvalue weighted by Crippen LogP contribution is -2.45. The molecule has 0 aliphatic heterocycles. The number of aliphatic hydroxyl groups is 2. The van der Waals surface area contributed by atoms with Crippen molar-refractivity contribution in [3.63, 3.8) is 0 Å². The highest BCUT2D eigenvalue weighted by atomic mass is 28.4. The Balaban J connectivity index is 4.86. The molecule has 0 rings (SSSR count). The lowest BCUT2D eigenvalue weighted by molar-refractivity contribution is 0.0477. The summed E-state index contributed by atoms with van der Waals surface area (Å²) >= 11 is 0. The fourth-order valence-electron chi connectivity index (χ4n) is 1.97. The second-order valence-corrected chi connectivity index (χ2v) is 12.1. The van der Waals surface area contributed by atoms with Gasteiger partial charge < -0.3 is 14.6 Å². The molecular weight excluding hydrogens is 280 g/mol. The lowest BCUT2D eigenvalue weighted by Gasteiger charge is -2.40. The molecule has 0 aromatic carbocycles. The maximum Gasteiger partial charge on any atom is 0.192 e. The van der Waals surface area contributed by atoms with Crippen LogP contribution in [0.15, 0.2) is 25.3 Å². The van der Waals surface area contributed by atoms with Gasteiger partial charge in [-0.25, -0.2) is 0 Å². The third-order valence-corrected chi connectivity index (χ3v) is 8.75. The van der Waals surface area contributed by atoms with Crippen molar-refractivity contribution in [2.75, 3.05) is 0 Å². The van der Waals surface area contributed by atoms with Gasteiger partial charge in [0.15, 0.2) is 8.32 Å². The molecule has 0 saturated carbocycles. The summed E-state index contributed by atoms with van der Waals surface area (Å²) in [5.74, 6) is 0. The minimum absolute atomic E-state index is 0.109. The summed E-state index contributed by atoms with van der Waals surface area (Å²) < 4.78 is 6.39. The van der Waals surface area contributed by atoms with Crippen LogP contribution in [0, 0.1) is 0 Å². The van der Waals surface area contributed by atoms with Crippen molar-refractivity contribution in [1.29, 1.82) is 0 Å². The van der Waals surface area contributed by atoms with E-state index >= 15 is 0 Å². The second-order valence-electron chi connectivity index (χ2n) is 7.33. The lowest BCUT2D eigenvalue weighted by atomic mass is 10.0. The van der Waals surface area contributed by atoms with E-state index in [1.807, 2.05) is 0 Å². The van der Waals surface area contributed by atoms with Crippen molar-refractivity contribution >= 4 is 8.32 Å². The average molecular weight is 315 g/mol. The molecule has 2 N–H and O–H groups in total. The molecule has 2 atom stereocenters. The molecule has 0 aromatic heterocycles.